The summed E-state index contributed by atoms with van der Waals surface area (Å²) in [7, 11) is -1.29. The first kappa shape index (κ1) is 36.7. The number of Topliss-reactive ketones (excluding diaryl/α,β-unsaturated/α-hetero) is 1. The van der Waals surface area contributed by atoms with E-state index in [0.29, 0.717) is 32.5 Å². The zero-order valence-electron chi connectivity index (χ0n) is 26.0. The maximum absolute atomic E-state index is 14.8. The quantitative estimate of drug-likeness (QED) is 0.127. The Balaban J connectivity index is 1.75. The Hall–Kier alpha value is -5.18. The standard InChI is InChI=1S/C32H31F2N2O12P/c1-49-26-11-23(37)20(33)9-18(26)32(19-10-21(34)24(38)12-27(19)49)17-2-3-22(36(15-30(43)44)16-31(45)46)25(8-17)48-7-6-47-5-4-35(13-28(39)40)14-29(41)42/h2-3,8-11H,4-7,12-16H2,1H3,(H4-,37,38,39,40,41,42,43,44,45,46)/p+1. The van der Waals surface area contributed by atoms with E-state index in [0.717, 1.165) is 21.9 Å². The van der Waals surface area contributed by atoms with Gasteiger partial charge >= 0.3 is 23.9 Å². The molecule has 1 atom stereocenters. The van der Waals surface area contributed by atoms with Crippen LogP contribution in [0, 0.1) is 5.82 Å². The number of ketones is 1. The van der Waals surface area contributed by atoms with E-state index in [4.69, 9.17) is 19.7 Å². The molecule has 0 bridgehead atoms. The second-order valence-electron chi connectivity index (χ2n) is 11.0. The third-order valence-corrected chi connectivity index (χ3v) is 9.84. The van der Waals surface area contributed by atoms with Crippen LogP contribution >= 0.6 is 7.53 Å². The topological polar surface area (TPSA) is 211 Å². The minimum atomic E-state index is -1.34. The van der Waals surface area contributed by atoms with Gasteiger partial charge in [-0.1, -0.05) is 6.07 Å². The highest BCUT2D eigenvalue weighted by Crippen LogP contribution is 2.51. The van der Waals surface area contributed by atoms with Gasteiger partial charge in [0.2, 0.25) is 0 Å². The van der Waals surface area contributed by atoms with Gasteiger partial charge in [0.15, 0.2) is 28.3 Å². The molecule has 0 saturated heterocycles. The first-order valence-electron chi connectivity index (χ1n) is 14.6. The van der Waals surface area contributed by atoms with Gasteiger partial charge in [0.1, 0.15) is 44.9 Å². The number of phenols is 1. The number of ether oxygens (including phenoxy) is 2. The fourth-order valence-corrected chi connectivity index (χ4v) is 7.53. The third-order valence-electron chi connectivity index (χ3n) is 7.54. The molecule has 14 nitrogen and oxygen atoms in total. The number of phenolic OH excluding ortho intramolecular Hbond substituents is 1. The maximum atomic E-state index is 14.8. The SMILES string of the molecule is C[p+]1c2c(c(-c3ccc(N(CC(=O)O)CC(=O)O)c(OCCOCCN(CC(=O)O)CC(=O)O)c3)c3cc(F)c(O)cc31)C=C(F)C(=O)C2. The number of aryl methyl sites for hydroxylation is 1. The van der Waals surface area contributed by atoms with Crippen molar-refractivity contribution in [2.24, 2.45) is 6.66 Å². The molecule has 2 aromatic carbocycles. The van der Waals surface area contributed by atoms with Crippen molar-refractivity contribution in [3.05, 3.63) is 52.8 Å². The van der Waals surface area contributed by atoms with Crippen molar-refractivity contribution in [1.29, 1.82) is 0 Å². The number of fused-ring (bicyclic) bond motifs is 2. The van der Waals surface area contributed by atoms with Crippen LogP contribution in [-0.2, 0) is 41.8 Å². The van der Waals surface area contributed by atoms with Gasteiger partial charge in [-0.15, -0.1) is 0 Å². The second-order valence-corrected chi connectivity index (χ2v) is 13.1. The lowest BCUT2D eigenvalue weighted by molar-refractivity contribution is -0.142. The van der Waals surface area contributed by atoms with Gasteiger partial charge in [0.05, 0.1) is 38.4 Å². The first-order valence-corrected chi connectivity index (χ1v) is 16.4. The minimum Gasteiger partial charge on any atom is -0.505 e. The fourth-order valence-electron chi connectivity index (χ4n) is 5.47. The van der Waals surface area contributed by atoms with Crippen LogP contribution in [0.1, 0.15) is 10.9 Å². The largest absolute Gasteiger partial charge is 0.505 e. The monoisotopic (exact) mass is 705 g/mol. The molecule has 0 spiro atoms. The number of carboxylic acids is 4. The Morgan fingerprint density at radius 2 is 1.51 bits per heavy atom. The Morgan fingerprint density at radius 1 is 0.878 bits per heavy atom. The molecule has 1 heterocycles. The average Bonchev–Trinajstić information content (AvgIpc) is 3.00. The molecule has 17 heteroatoms. The second kappa shape index (κ2) is 15.8. The van der Waals surface area contributed by atoms with Crippen LogP contribution in [0.4, 0.5) is 14.5 Å². The Kier molecular flexibility index (Phi) is 11.8. The molecule has 0 fully saturated rings. The number of carbonyl (C=O) groups excluding carboxylic acids is 1. The summed E-state index contributed by atoms with van der Waals surface area (Å²) in [5.41, 5.74) is 1.03. The summed E-state index contributed by atoms with van der Waals surface area (Å²) in [6, 6.07) is 6.69. The van der Waals surface area contributed by atoms with Crippen molar-refractivity contribution in [2.75, 3.05) is 57.4 Å². The molecule has 260 valence electrons. The number of hydrogen-bond acceptors (Lipinski definition) is 10. The number of carboxylic acid groups (broad SMARTS) is 4. The molecule has 49 heavy (non-hydrogen) atoms. The molecule has 1 unspecified atom stereocenters. The van der Waals surface area contributed by atoms with E-state index < -0.39 is 80.8 Å². The van der Waals surface area contributed by atoms with E-state index in [2.05, 4.69) is 0 Å². The van der Waals surface area contributed by atoms with E-state index in [1.165, 1.54) is 24.3 Å². The molecule has 5 N–H and O–H groups in total. The van der Waals surface area contributed by atoms with Crippen molar-refractivity contribution >= 4 is 59.5 Å². The minimum absolute atomic E-state index is 0.0156. The lowest BCUT2D eigenvalue weighted by atomic mass is 9.92. The van der Waals surface area contributed by atoms with Crippen molar-refractivity contribution in [3.8, 4) is 22.6 Å². The number of carbonyl (C=O) groups is 5. The molecular weight excluding hydrogens is 673 g/mol. The maximum Gasteiger partial charge on any atom is 0.323 e. The van der Waals surface area contributed by atoms with Crippen molar-refractivity contribution in [3.63, 3.8) is 0 Å². The van der Waals surface area contributed by atoms with Crippen molar-refractivity contribution in [2.45, 2.75) is 6.42 Å². The highest BCUT2D eigenvalue weighted by atomic mass is 31.1. The number of anilines is 1. The Morgan fingerprint density at radius 3 is 2.12 bits per heavy atom. The lowest BCUT2D eigenvalue weighted by Gasteiger charge is -2.25. The summed E-state index contributed by atoms with van der Waals surface area (Å²) < 4.78 is 41.0. The molecule has 0 saturated carbocycles. The molecule has 1 aliphatic carbocycles. The zero-order chi connectivity index (χ0) is 36.0. The average molecular weight is 706 g/mol. The Bertz CT molecular complexity index is 1830. The summed E-state index contributed by atoms with van der Waals surface area (Å²) in [6.07, 6.45) is 0.839. The number of aromatic hydroxyl groups is 1. The molecule has 1 aliphatic rings. The Labute approximate surface area is 278 Å². The molecule has 4 rings (SSSR count). The lowest BCUT2D eigenvalue weighted by Crippen LogP contribution is -2.37. The van der Waals surface area contributed by atoms with E-state index in [1.54, 1.807) is 6.66 Å². The van der Waals surface area contributed by atoms with Crippen LogP contribution in [0.3, 0.4) is 0 Å². The summed E-state index contributed by atoms with van der Waals surface area (Å²) in [5, 5.41) is 48.6. The smallest absolute Gasteiger partial charge is 0.323 e. The van der Waals surface area contributed by atoms with Gasteiger partial charge in [0.25, 0.3) is 0 Å². The van der Waals surface area contributed by atoms with Crippen molar-refractivity contribution < 1.29 is 67.8 Å². The molecule has 0 amide bonds. The number of aliphatic carboxylic acids is 4. The molecule has 1 aromatic heterocycles. The first-order chi connectivity index (χ1) is 23.2. The van der Waals surface area contributed by atoms with Gasteiger partial charge < -0.3 is 39.9 Å². The van der Waals surface area contributed by atoms with Gasteiger partial charge in [-0.05, 0) is 29.8 Å². The summed E-state index contributed by atoms with van der Waals surface area (Å²) >= 11 is 0. The summed E-state index contributed by atoms with van der Waals surface area (Å²) in [5.74, 6) is -8.40. The van der Waals surface area contributed by atoms with Crippen LogP contribution in [0.2, 0.25) is 0 Å². The number of benzene rings is 2. The highest BCUT2D eigenvalue weighted by molar-refractivity contribution is 7.54. The van der Waals surface area contributed by atoms with E-state index in [1.807, 2.05) is 0 Å². The van der Waals surface area contributed by atoms with E-state index in [-0.39, 0.29) is 44.2 Å². The van der Waals surface area contributed by atoms with Gasteiger partial charge in [-0.3, -0.25) is 28.9 Å². The van der Waals surface area contributed by atoms with Crippen LogP contribution in [0.5, 0.6) is 11.5 Å². The number of hydrogen-bond donors (Lipinski definition) is 5. The van der Waals surface area contributed by atoms with Crippen LogP contribution in [0.15, 0.2) is 36.2 Å². The van der Waals surface area contributed by atoms with Crippen LogP contribution in [0.25, 0.3) is 27.7 Å². The van der Waals surface area contributed by atoms with Gasteiger partial charge in [-0.2, -0.15) is 0 Å². The number of nitrogens with zero attached hydrogens (tertiary/aromatic N) is 2. The number of allylic oxidation sites excluding steroid dienone is 1. The van der Waals surface area contributed by atoms with Gasteiger partial charge in [0, 0.05) is 29.1 Å². The third kappa shape index (κ3) is 9.04. The fraction of sp³-hybridized carbons (Fsp3) is 0.312. The molecule has 0 aliphatic heterocycles. The predicted molar refractivity (Wildman–Crippen MR) is 172 cm³/mol. The molecule has 3 aromatic rings. The van der Waals surface area contributed by atoms with Crippen molar-refractivity contribution in [1.82, 2.24) is 4.90 Å². The summed E-state index contributed by atoms with van der Waals surface area (Å²) in [6.45, 7) is -1.09. The van der Waals surface area contributed by atoms with E-state index >= 15 is 0 Å². The zero-order valence-corrected chi connectivity index (χ0v) is 26.9. The molecular formula is C32H32F2N2O12P+. The van der Waals surface area contributed by atoms with Crippen LogP contribution in [-0.4, -0.2) is 113 Å². The number of rotatable bonds is 17. The number of halogens is 2. The van der Waals surface area contributed by atoms with E-state index in [9.17, 15) is 48.1 Å². The highest BCUT2D eigenvalue weighted by Gasteiger charge is 2.33. The normalized spacial score (nSPS) is 12.9. The van der Waals surface area contributed by atoms with Gasteiger partial charge in [-0.25, -0.2) is 8.78 Å². The summed E-state index contributed by atoms with van der Waals surface area (Å²) in [4.78, 5) is 59.9. The predicted octanol–water partition coefficient (Wildman–Crippen LogP) is 3.43. The van der Waals surface area contributed by atoms with Crippen LogP contribution < -0.4 is 9.64 Å². The molecule has 0 radical (unpaired) electrons.